The van der Waals surface area contributed by atoms with E-state index in [0.29, 0.717) is 31.7 Å². The number of rotatable bonds is 3. The third kappa shape index (κ3) is 4.09. The summed E-state index contributed by atoms with van der Waals surface area (Å²) in [5, 5.41) is 11.1. The van der Waals surface area contributed by atoms with Gasteiger partial charge in [0.1, 0.15) is 22.7 Å². The summed E-state index contributed by atoms with van der Waals surface area (Å²) in [7, 11) is 0. The number of phenolic OH excluding ortho intramolecular Hbond substituents is 1. The van der Waals surface area contributed by atoms with E-state index >= 15 is 0 Å². The van der Waals surface area contributed by atoms with Gasteiger partial charge < -0.3 is 19.8 Å². The van der Waals surface area contributed by atoms with Gasteiger partial charge in [0.15, 0.2) is 0 Å². The first-order valence-corrected chi connectivity index (χ1v) is 12.6. The monoisotopic (exact) mass is 479 g/mol. The fourth-order valence-corrected chi connectivity index (χ4v) is 5.95. The molecule has 34 heavy (non-hydrogen) atoms. The van der Waals surface area contributed by atoms with Gasteiger partial charge in [-0.3, -0.25) is 9.59 Å². The van der Waals surface area contributed by atoms with Gasteiger partial charge in [-0.05, 0) is 44.4 Å². The van der Waals surface area contributed by atoms with Gasteiger partial charge in [-0.15, -0.1) is 11.3 Å². The van der Waals surface area contributed by atoms with E-state index in [-0.39, 0.29) is 23.5 Å². The van der Waals surface area contributed by atoms with Crippen LogP contribution < -0.4 is 4.90 Å². The molecule has 0 atom stereocenters. The van der Waals surface area contributed by atoms with Gasteiger partial charge >= 0.3 is 0 Å². The number of anilines is 1. The van der Waals surface area contributed by atoms with Crippen LogP contribution in [0.4, 0.5) is 5.82 Å². The molecule has 1 N–H and O–H groups in total. The fraction of sp³-hybridized carbons (Fsp3) is 0.440. The first kappa shape index (κ1) is 22.6. The third-order valence-corrected chi connectivity index (χ3v) is 8.22. The normalized spacial score (nSPS) is 17.4. The first-order valence-electron chi connectivity index (χ1n) is 11.8. The number of amides is 2. The molecule has 2 aliphatic rings. The van der Waals surface area contributed by atoms with E-state index in [4.69, 9.17) is 0 Å². The van der Waals surface area contributed by atoms with Crippen molar-refractivity contribution in [3.8, 4) is 5.75 Å². The quantitative estimate of drug-likeness (QED) is 0.621. The van der Waals surface area contributed by atoms with Gasteiger partial charge in [-0.25, -0.2) is 9.97 Å². The second-order valence-corrected chi connectivity index (χ2v) is 10.3. The average Bonchev–Trinajstić information content (AvgIpc) is 3.17. The number of phenols is 1. The van der Waals surface area contributed by atoms with Crippen LogP contribution in [0.5, 0.6) is 5.75 Å². The van der Waals surface area contributed by atoms with E-state index < -0.39 is 0 Å². The van der Waals surface area contributed by atoms with Crippen molar-refractivity contribution in [2.24, 2.45) is 5.92 Å². The van der Waals surface area contributed by atoms with Crippen molar-refractivity contribution in [2.75, 3.05) is 44.2 Å². The molecule has 4 heterocycles. The lowest BCUT2D eigenvalue weighted by atomic mass is 9.94. The molecule has 0 spiro atoms. The van der Waals surface area contributed by atoms with Gasteiger partial charge in [0, 0.05) is 50.1 Å². The molecule has 0 saturated carbocycles. The molecule has 1 aromatic carbocycles. The highest BCUT2D eigenvalue weighted by molar-refractivity contribution is 7.18. The Morgan fingerprint density at radius 3 is 2.35 bits per heavy atom. The smallest absolute Gasteiger partial charge is 0.257 e. The zero-order chi connectivity index (χ0) is 23.8. The van der Waals surface area contributed by atoms with E-state index in [9.17, 15) is 14.7 Å². The van der Waals surface area contributed by atoms with Gasteiger partial charge in [0.2, 0.25) is 5.91 Å². The van der Waals surface area contributed by atoms with Crippen LogP contribution in [0.3, 0.4) is 0 Å². The van der Waals surface area contributed by atoms with E-state index in [1.165, 1.54) is 16.5 Å². The van der Waals surface area contributed by atoms with Crippen LogP contribution in [0, 0.1) is 19.8 Å². The summed E-state index contributed by atoms with van der Waals surface area (Å²) in [6, 6.07) is 6.59. The molecule has 3 aromatic rings. The number of para-hydroxylation sites is 1. The van der Waals surface area contributed by atoms with Crippen LogP contribution in [-0.4, -0.2) is 76.0 Å². The summed E-state index contributed by atoms with van der Waals surface area (Å²) in [4.78, 5) is 43.2. The minimum atomic E-state index is -0.186. The molecule has 2 aromatic heterocycles. The number of benzene rings is 1. The van der Waals surface area contributed by atoms with Crippen LogP contribution in [0.2, 0.25) is 0 Å². The van der Waals surface area contributed by atoms with Crippen LogP contribution in [0.15, 0.2) is 30.6 Å². The maximum Gasteiger partial charge on any atom is 0.257 e. The van der Waals surface area contributed by atoms with Crippen molar-refractivity contribution in [2.45, 2.75) is 26.7 Å². The molecular weight excluding hydrogens is 450 g/mol. The molecule has 2 fully saturated rings. The van der Waals surface area contributed by atoms with Gasteiger partial charge in [-0.1, -0.05) is 12.1 Å². The number of aryl methyl sites for hydroxylation is 2. The zero-order valence-electron chi connectivity index (χ0n) is 19.5. The highest BCUT2D eigenvalue weighted by atomic mass is 32.1. The second kappa shape index (κ2) is 9.21. The Bertz CT molecular complexity index is 1230. The highest BCUT2D eigenvalue weighted by Gasteiger charge is 2.32. The van der Waals surface area contributed by atoms with Crippen molar-refractivity contribution in [3.05, 3.63) is 46.6 Å². The Kier molecular flexibility index (Phi) is 6.12. The molecule has 0 unspecified atom stereocenters. The molecule has 2 amide bonds. The predicted octanol–water partition coefficient (Wildman–Crippen LogP) is 3.21. The summed E-state index contributed by atoms with van der Waals surface area (Å²) in [5.41, 5.74) is 1.55. The maximum absolute atomic E-state index is 13.2. The molecule has 5 rings (SSSR count). The Balaban J connectivity index is 1.18. The van der Waals surface area contributed by atoms with Crippen LogP contribution >= 0.6 is 11.3 Å². The Labute approximate surface area is 202 Å². The van der Waals surface area contributed by atoms with E-state index in [2.05, 4.69) is 28.7 Å². The Morgan fingerprint density at radius 1 is 0.971 bits per heavy atom. The molecule has 0 aliphatic carbocycles. The highest BCUT2D eigenvalue weighted by Crippen LogP contribution is 2.35. The lowest BCUT2D eigenvalue weighted by molar-refractivity contribution is -0.137. The van der Waals surface area contributed by atoms with E-state index in [1.807, 2.05) is 4.90 Å². The largest absolute Gasteiger partial charge is 0.507 e. The number of aromatic nitrogens is 2. The summed E-state index contributed by atoms with van der Waals surface area (Å²) in [6.45, 7) is 7.84. The Morgan fingerprint density at radius 2 is 1.65 bits per heavy atom. The van der Waals surface area contributed by atoms with Crippen LogP contribution in [0.25, 0.3) is 10.2 Å². The maximum atomic E-state index is 13.2. The number of carbonyl (C=O) groups excluding carboxylic acids is 2. The molecule has 2 saturated heterocycles. The van der Waals surface area contributed by atoms with Gasteiger partial charge in [0.05, 0.1) is 10.9 Å². The fourth-order valence-electron chi connectivity index (χ4n) is 4.95. The standard InChI is InChI=1S/C25H29N5O3S/c1-16-17(2)34-23-21(16)22(26-15-27-23)28-9-7-18(8-10-28)24(32)29-11-13-30(14-12-29)25(33)19-5-3-4-6-20(19)31/h3-6,15,18,31H,7-14H2,1-2H3. The van der Waals surface area contributed by atoms with Crippen molar-refractivity contribution in [3.63, 3.8) is 0 Å². The molecule has 2 aliphatic heterocycles. The molecule has 8 nitrogen and oxygen atoms in total. The third-order valence-electron chi connectivity index (χ3n) is 7.10. The van der Waals surface area contributed by atoms with E-state index in [0.717, 1.165) is 42.0 Å². The predicted molar refractivity (Wildman–Crippen MR) is 132 cm³/mol. The van der Waals surface area contributed by atoms with Gasteiger partial charge in [0.25, 0.3) is 5.91 Å². The van der Waals surface area contributed by atoms with Crippen molar-refractivity contribution in [1.82, 2.24) is 19.8 Å². The van der Waals surface area contributed by atoms with Crippen molar-refractivity contribution >= 4 is 39.2 Å². The lowest BCUT2D eigenvalue weighted by Crippen LogP contribution is -2.53. The van der Waals surface area contributed by atoms with Crippen molar-refractivity contribution < 1.29 is 14.7 Å². The van der Waals surface area contributed by atoms with E-state index in [1.54, 1.807) is 40.8 Å². The number of thiophene rings is 1. The number of piperazine rings is 1. The van der Waals surface area contributed by atoms with Crippen molar-refractivity contribution in [1.29, 1.82) is 0 Å². The SMILES string of the molecule is Cc1sc2ncnc(N3CCC(C(=O)N4CCN(C(=O)c5ccccc5O)CC4)CC3)c2c1C. The minimum Gasteiger partial charge on any atom is -0.507 e. The lowest BCUT2D eigenvalue weighted by Gasteiger charge is -2.39. The molecule has 0 radical (unpaired) electrons. The van der Waals surface area contributed by atoms with Crippen LogP contribution in [0.1, 0.15) is 33.6 Å². The average molecular weight is 480 g/mol. The van der Waals surface area contributed by atoms with Crippen LogP contribution in [-0.2, 0) is 4.79 Å². The topological polar surface area (TPSA) is 89.9 Å². The minimum absolute atomic E-state index is 0.000643. The molecule has 9 heteroatoms. The Hall–Kier alpha value is -3.20. The number of fused-ring (bicyclic) bond motifs is 1. The summed E-state index contributed by atoms with van der Waals surface area (Å²) in [6.07, 6.45) is 3.23. The molecular formula is C25H29N5O3S. The number of nitrogens with zero attached hydrogens (tertiary/aromatic N) is 5. The number of aromatic hydroxyl groups is 1. The van der Waals surface area contributed by atoms with Gasteiger partial charge in [-0.2, -0.15) is 0 Å². The second-order valence-electron chi connectivity index (χ2n) is 9.06. The number of carbonyl (C=O) groups is 2. The number of piperidine rings is 1. The summed E-state index contributed by atoms with van der Waals surface area (Å²) >= 11 is 1.70. The summed E-state index contributed by atoms with van der Waals surface area (Å²) < 4.78 is 0. The molecule has 0 bridgehead atoms. The number of hydrogen-bond donors (Lipinski definition) is 1. The number of hydrogen-bond acceptors (Lipinski definition) is 7. The molecule has 178 valence electrons. The summed E-state index contributed by atoms with van der Waals surface area (Å²) in [5.74, 6) is 0.971. The zero-order valence-corrected chi connectivity index (χ0v) is 20.3. The first-order chi connectivity index (χ1) is 16.4.